The van der Waals surface area contributed by atoms with E-state index in [-0.39, 0.29) is 16.4 Å². The van der Waals surface area contributed by atoms with Gasteiger partial charge in [0.05, 0.1) is 11.0 Å². The summed E-state index contributed by atoms with van der Waals surface area (Å²) < 4.78 is 13.2. The van der Waals surface area contributed by atoms with Crippen LogP contribution < -0.4 is 0 Å². The fourth-order valence-corrected chi connectivity index (χ4v) is 3.33. The Hall–Kier alpha value is -2.31. The van der Waals surface area contributed by atoms with Gasteiger partial charge in [-0.15, -0.1) is 0 Å². The monoisotopic (exact) mass is 330 g/mol. The Morgan fingerprint density at radius 1 is 1.38 bits per heavy atom. The molecule has 1 aliphatic rings. The van der Waals surface area contributed by atoms with Crippen LogP contribution in [0.4, 0.5) is 10.1 Å². The molecule has 1 N–H and O–H groups in total. The predicted molar refractivity (Wildman–Crippen MR) is 88.2 cm³/mol. The summed E-state index contributed by atoms with van der Waals surface area (Å²) in [4.78, 5) is 12.8. The Bertz CT molecular complexity index is 779. The van der Waals surface area contributed by atoms with Crippen molar-refractivity contribution in [3.05, 3.63) is 74.6 Å². The van der Waals surface area contributed by atoms with Crippen molar-refractivity contribution in [1.82, 2.24) is 4.90 Å². The molecule has 1 atom stereocenters. The molecule has 24 heavy (non-hydrogen) atoms. The van der Waals surface area contributed by atoms with Gasteiger partial charge in [0.1, 0.15) is 5.82 Å². The molecule has 0 saturated carbocycles. The number of hydrogen-bond acceptors (Lipinski definition) is 4. The standard InChI is InChI=1S/C18H19FN2O3/c1-12-9-14(19)5-6-15(12)18(22)11-20-8-7-16-13(10-20)3-2-4-17(16)21(23)24/h2-6,9,18,22H,7-8,10-11H2,1H3. The lowest BCUT2D eigenvalue weighted by atomic mass is 9.96. The van der Waals surface area contributed by atoms with Crippen LogP contribution in [0.1, 0.15) is 28.4 Å². The van der Waals surface area contributed by atoms with Crippen LogP contribution >= 0.6 is 0 Å². The first-order valence-corrected chi connectivity index (χ1v) is 7.87. The second-order valence-corrected chi connectivity index (χ2v) is 6.17. The summed E-state index contributed by atoms with van der Waals surface area (Å²) in [7, 11) is 0. The van der Waals surface area contributed by atoms with Gasteiger partial charge in [0, 0.05) is 31.3 Å². The van der Waals surface area contributed by atoms with Crippen molar-refractivity contribution in [1.29, 1.82) is 0 Å². The molecular formula is C18H19FN2O3. The summed E-state index contributed by atoms with van der Waals surface area (Å²) in [5, 5.41) is 21.6. The topological polar surface area (TPSA) is 66.6 Å². The number of aliphatic hydroxyl groups excluding tert-OH is 1. The van der Waals surface area contributed by atoms with Gasteiger partial charge in [-0.25, -0.2) is 4.39 Å². The fraction of sp³-hybridized carbons (Fsp3) is 0.333. The summed E-state index contributed by atoms with van der Waals surface area (Å²) in [6.07, 6.45) is -0.132. The molecule has 6 heteroatoms. The molecule has 0 aliphatic carbocycles. The third kappa shape index (κ3) is 3.29. The fourth-order valence-electron chi connectivity index (χ4n) is 3.33. The molecule has 1 heterocycles. The second-order valence-electron chi connectivity index (χ2n) is 6.17. The largest absolute Gasteiger partial charge is 0.387 e. The van der Waals surface area contributed by atoms with Gasteiger partial charge in [0.2, 0.25) is 0 Å². The maximum Gasteiger partial charge on any atom is 0.272 e. The zero-order valence-corrected chi connectivity index (χ0v) is 13.4. The lowest BCUT2D eigenvalue weighted by Crippen LogP contribution is -2.34. The number of benzene rings is 2. The highest BCUT2D eigenvalue weighted by Gasteiger charge is 2.25. The molecule has 126 valence electrons. The van der Waals surface area contributed by atoms with E-state index in [0.29, 0.717) is 31.6 Å². The van der Waals surface area contributed by atoms with E-state index in [4.69, 9.17) is 0 Å². The number of nitro groups is 1. The van der Waals surface area contributed by atoms with E-state index in [1.165, 1.54) is 18.2 Å². The van der Waals surface area contributed by atoms with E-state index >= 15 is 0 Å². The van der Waals surface area contributed by atoms with Crippen LogP contribution in [0.3, 0.4) is 0 Å². The summed E-state index contributed by atoms with van der Waals surface area (Å²) in [5.41, 5.74) is 3.31. The third-order valence-corrected chi connectivity index (χ3v) is 4.54. The molecule has 0 bridgehead atoms. The Labute approximate surface area is 139 Å². The van der Waals surface area contributed by atoms with E-state index in [0.717, 1.165) is 16.7 Å². The van der Waals surface area contributed by atoms with Crippen molar-refractivity contribution < 1.29 is 14.4 Å². The van der Waals surface area contributed by atoms with E-state index in [1.807, 2.05) is 6.07 Å². The summed E-state index contributed by atoms with van der Waals surface area (Å²) in [5.74, 6) is -0.317. The molecular weight excluding hydrogens is 311 g/mol. The Morgan fingerprint density at radius 3 is 2.88 bits per heavy atom. The molecule has 0 fully saturated rings. The van der Waals surface area contributed by atoms with Crippen LogP contribution in [-0.4, -0.2) is 28.0 Å². The maximum atomic E-state index is 13.2. The zero-order chi connectivity index (χ0) is 17.3. The molecule has 2 aromatic rings. The second kappa shape index (κ2) is 6.67. The minimum atomic E-state index is -0.717. The first-order valence-electron chi connectivity index (χ1n) is 7.87. The molecule has 0 aromatic heterocycles. The Morgan fingerprint density at radius 2 is 2.17 bits per heavy atom. The van der Waals surface area contributed by atoms with Gasteiger partial charge in [-0.2, -0.15) is 0 Å². The van der Waals surface area contributed by atoms with E-state index in [1.54, 1.807) is 19.1 Å². The summed E-state index contributed by atoms with van der Waals surface area (Å²) >= 11 is 0. The number of hydrogen-bond donors (Lipinski definition) is 1. The number of fused-ring (bicyclic) bond motifs is 1. The van der Waals surface area contributed by atoms with Crippen molar-refractivity contribution in [3.63, 3.8) is 0 Å². The lowest BCUT2D eigenvalue weighted by Gasteiger charge is -2.30. The molecule has 3 rings (SSSR count). The molecule has 0 radical (unpaired) electrons. The molecule has 1 aliphatic heterocycles. The zero-order valence-electron chi connectivity index (χ0n) is 13.4. The number of nitro benzene ring substituents is 1. The minimum Gasteiger partial charge on any atom is -0.387 e. The molecule has 2 aromatic carbocycles. The molecule has 1 unspecified atom stereocenters. The average molecular weight is 330 g/mol. The number of halogens is 1. The van der Waals surface area contributed by atoms with Gasteiger partial charge in [0.15, 0.2) is 0 Å². The number of rotatable bonds is 4. The average Bonchev–Trinajstić information content (AvgIpc) is 2.53. The van der Waals surface area contributed by atoms with Crippen molar-refractivity contribution in [2.75, 3.05) is 13.1 Å². The van der Waals surface area contributed by atoms with Crippen molar-refractivity contribution >= 4 is 5.69 Å². The maximum absolute atomic E-state index is 13.2. The highest BCUT2D eigenvalue weighted by Crippen LogP contribution is 2.29. The van der Waals surface area contributed by atoms with E-state index in [9.17, 15) is 19.6 Å². The van der Waals surface area contributed by atoms with Gasteiger partial charge in [0.25, 0.3) is 5.69 Å². The van der Waals surface area contributed by atoms with Gasteiger partial charge in [-0.3, -0.25) is 15.0 Å². The normalized spacial score (nSPS) is 15.8. The van der Waals surface area contributed by atoms with Crippen LogP contribution in [0, 0.1) is 22.9 Å². The van der Waals surface area contributed by atoms with Crippen LogP contribution in [-0.2, 0) is 13.0 Å². The first-order chi connectivity index (χ1) is 11.5. The molecule has 0 saturated heterocycles. The van der Waals surface area contributed by atoms with Gasteiger partial charge in [-0.1, -0.05) is 18.2 Å². The highest BCUT2D eigenvalue weighted by atomic mass is 19.1. The number of aliphatic hydroxyl groups is 1. The van der Waals surface area contributed by atoms with Crippen LogP contribution in [0.25, 0.3) is 0 Å². The van der Waals surface area contributed by atoms with Crippen molar-refractivity contribution in [2.24, 2.45) is 0 Å². The number of aryl methyl sites for hydroxylation is 1. The summed E-state index contributed by atoms with van der Waals surface area (Å²) in [6, 6.07) is 9.49. The van der Waals surface area contributed by atoms with E-state index in [2.05, 4.69) is 4.90 Å². The predicted octanol–water partition coefficient (Wildman–Crippen LogP) is 3.13. The van der Waals surface area contributed by atoms with Gasteiger partial charge < -0.3 is 5.11 Å². The first kappa shape index (κ1) is 16.5. The smallest absolute Gasteiger partial charge is 0.272 e. The van der Waals surface area contributed by atoms with Crippen LogP contribution in [0.5, 0.6) is 0 Å². The van der Waals surface area contributed by atoms with Crippen LogP contribution in [0.15, 0.2) is 36.4 Å². The number of β-amino-alcohol motifs (C(OH)–C–C–N with tert-alkyl or cyclic N) is 1. The van der Waals surface area contributed by atoms with Gasteiger partial charge in [-0.05, 0) is 42.2 Å². The molecule has 0 amide bonds. The van der Waals surface area contributed by atoms with Crippen LogP contribution in [0.2, 0.25) is 0 Å². The highest BCUT2D eigenvalue weighted by molar-refractivity contribution is 5.46. The third-order valence-electron chi connectivity index (χ3n) is 4.54. The number of nitrogens with zero attached hydrogens (tertiary/aromatic N) is 2. The minimum absolute atomic E-state index is 0.169. The van der Waals surface area contributed by atoms with E-state index < -0.39 is 6.10 Å². The van der Waals surface area contributed by atoms with Gasteiger partial charge >= 0.3 is 0 Å². The van der Waals surface area contributed by atoms with Crippen molar-refractivity contribution in [2.45, 2.75) is 26.0 Å². The SMILES string of the molecule is Cc1cc(F)ccc1C(O)CN1CCc2c(cccc2[N+](=O)[O-])C1. The lowest BCUT2D eigenvalue weighted by molar-refractivity contribution is -0.385. The Balaban J connectivity index is 1.74. The summed E-state index contributed by atoms with van der Waals surface area (Å²) in [6.45, 7) is 3.40. The quantitative estimate of drug-likeness (QED) is 0.691. The molecule has 0 spiro atoms. The van der Waals surface area contributed by atoms with Crippen molar-refractivity contribution in [3.8, 4) is 0 Å². The Kier molecular flexibility index (Phi) is 4.59. The molecule has 5 nitrogen and oxygen atoms in total.